The van der Waals surface area contributed by atoms with Gasteiger partial charge in [-0.2, -0.15) is 0 Å². The van der Waals surface area contributed by atoms with E-state index in [1.807, 2.05) is 41.3 Å². The van der Waals surface area contributed by atoms with Gasteiger partial charge in [-0.3, -0.25) is 9.59 Å². The quantitative estimate of drug-likeness (QED) is 0.611. The molecule has 6 heteroatoms. The van der Waals surface area contributed by atoms with Crippen LogP contribution in [0.3, 0.4) is 0 Å². The molecule has 5 nitrogen and oxygen atoms in total. The monoisotopic (exact) mass is 467 g/mol. The first-order valence-electron chi connectivity index (χ1n) is 12.1. The summed E-state index contributed by atoms with van der Waals surface area (Å²) in [6, 6.07) is 15.8. The number of hydrogen-bond donors (Lipinski definition) is 1. The third-order valence-corrected chi connectivity index (χ3v) is 7.22. The van der Waals surface area contributed by atoms with Crippen molar-refractivity contribution in [3.05, 3.63) is 59.1 Å². The topological polar surface area (TPSA) is 52.7 Å². The van der Waals surface area contributed by atoms with Gasteiger partial charge in [0.1, 0.15) is 0 Å². The van der Waals surface area contributed by atoms with Gasteiger partial charge in [0.15, 0.2) is 0 Å². The summed E-state index contributed by atoms with van der Waals surface area (Å²) in [7, 11) is 0. The lowest BCUT2D eigenvalue weighted by Crippen LogP contribution is -2.49. The number of halogens is 1. The van der Waals surface area contributed by atoms with Crippen LogP contribution in [0.5, 0.6) is 0 Å². The molecular formula is C27H34ClN3O2. The number of carbonyl (C=O) groups excluding carboxylic acids is 2. The maximum Gasteiger partial charge on any atom is 0.235 e. The summed E-state index contributed by atoms with van der Waals surface area (Å²) >= 11 is 6.34. The summed E-state index contributed by atoms with van der Waals surface area (Å²) in [6.45, 7) is 6.99. The number of hydrogen-bond acceptors (Lipinski definition) is 3. The van der Waals surface area contributed by atoms with Crippen molar-refractivity contribution in [3.8, 4) is 0 Å². The van der Waals surface area contributed by atoms with E-state index in [0.717, 1.165) is 55.7 Å². The van der Waals surface area contributed by atoms with Crippen LogP contribution in [0, 0.1) is 5.92 Å². The Morgan fingerprint density at radius 1 is 1.00 bits per heavy atom. The van der Waals surface area contributed by atoms with Crippen LogP contribution in [0.1, 0.15) is 51.5 Å². The summed E-state index contributed by atoms with van der Waals surface area (Å²) in [5.41, 5.74) is 2.30. The van der Waals surface area contributed by atoms with Crippen LogP contribution in [0.25, 0.3) is 0 Å². The van der Waals surface area contributed by atoms with Crippen LogP contribution < -0.4 is 10.2 Å². The highest BCUT2D eigenvalue weighted by Crippen LogP contribution is 2.43. The van der Waals surface area contributed by atoms with Crippen molar-refractivity contribution in [3.63, 3.8) is 0 Å². The van der Waals surface area contributed by atoms with Crippen LogP contribution in [0.2, 0.25) is 5.02 Å². The zero-order chi connectivity index (χ0) is 23.4. The Kier molecular flexibility index (Phi) is 7.28. The summed E-state index contributed by atoms with van der Waals surface area (Å²) in [5.74, 6) is 0.627. The molecule has 1 aliphatic heterocycles. The molecule has 0 aromatic heterocycles. The lowest BCUT2D eigenvalue weighted by molar-refractivity contribution is -0.132. The van der Waals surface area contributed by atoms with Gasteiger partial charge in [0.05, 0.1) is 16.8 Å². The van der Waals surface area contributed by atoms with Crippen LogP contribution in [0.4, 0.5) is 11.4 Å². The third kappa shape index (κ3) is 5.19. The second kappa shape index (κ2) is 10.2. The number of nitrogens with zero attached hydrogens (tertiary/aromatic N) is 2. The van der Waals surface area contributed by atoms with E-state index < -0.39 is 5.41 Å². The van der Waals surface area contributed by atoms with Crippen LogP contribution in [-0.4, -0.2) is 42.9 Å². The third-order valence-electron chi connectivity index (χ3n) is 6.98. The molecule has 4 rings (SSSR count). The molecule has 2 amide bonds. The van der Waals surface area contributed by atoms with E-state index in [2.05, 4.69) is 36.2 Å². The molecule has 1 heterocycles. The van der Waals surface area contributed by atoms with Gasteiger partial charge in [-0.1, -0.05) is 68.6 Å². The molecule has 0 spiro atoms. The fourth-order valence-electron chi connectivity index (χ4n) is 5.18. The fraction of sp³-hybridized carbons (Fsp3) is 0.481. The predicted molar refractivity (Wildman–Crippen MR) is 135 cm³/mol. The molecule has 1 saturated heterocycles. The SMILES string of the molecule is CC(C)CC(=O)N1CCN(c2ccc(Cl)cc2NC(=O)C2(c3ccccc3)CCCC2)CC1. The summed E-state index contributed by atoms with van der Waals surface area (Å²) < 4.78 is 0. The molecule has 0 unspecified atom stereocenters. The molecule has 0 radical (unpaired) electrons. The highest BCUT2D eigenvalue weighted by molar-refractivity contribution is 6.31. The second-order valence-corrected chi connectivity index (χ2v) is 10.2. The first-order valence-corrected chi connectivity index (χ1v) is 12.5. The Bertz CT molecular complexity index is 978. The number of piperazine rings is 1. The Labute approximate surface area is 202 Å². The highest BCUT2D eigenvalue weighted by atomic mass is 35.5. The van der Waals surface area contributed by atoms with E-state index in [1.54, 1.807) is 0 Å². The largest absolute Gasteiger partial charge is 0.366 e. The van der Waals surface area contributed by atoms with Crippen molar-refractivity contribution < 1.29 is 9.59 Å². The fourth-order valence-corrected chi connectivity index (χ4v) is 5.36. The first kappa shape index (κ1) is 23.6. The summed E-state index contributed by atoms with van der Waals surface area (Å²) in [4.78, 5) is 30.4. The highest BCUT2D eigenvalue weighted by Gasteiger charge is 2.43. The summed E-state index contributed by atoms with van der Waals surface area (Å²) in [6.07, 6.45) is 4.41. The molecule has 2 aromatic rings. The number of benzene rings is 2. The number of nitrogens with one attached hydrogen (secondary N) is 1. The van der Waals surface area contributed by atoms with Gasteiger partial charge in [-0.25, -0.2) is 0 Å². The van der Waals surface area contributed by atoms with Crippen LogP contribution >= 0.6 is 11.6 Å². The number of anilines is 2. The molecular weight excluding hydrogens is 434 g/mol. The molecule has 2 aromatic carbocycles. The Hall–Kier alpha value is -2.53. The normalized spacial score (nSPS) is 17.9. The number of carbonyl (C=O) groups is 2. The minimum absolute atomic E-state index is 0.0421. The van der Waals surface area contributed by atoms with Gasteiger partial charge in [-0.05, 0) is 42.5 Å². The minimum Gasteiger partial charge on any atom is -0.366 e. The molecule has 2 fully saturated rings. The van der Waals surface area contributed by atoms with Gasteiger partial charge in [0, 0.05) is 37.6 Å². The molecule has 0 atom stereocenters. The molecule has 1 saturated carbocycles. The smallest absolute Gasteiger partial charge is 0.235 e. The van der Waals surface area contributed by atoms with Crippen molar-refractivity contribution in [1.82, 2.24) is 4.90 Å². The Balaban J connectivity index is 1.52. The van der Waals surface area contributed by atoms with E-state index in [4.69, 9.17) is 11.6 Å². The molecule has 0 bridgehead atoms. The standard InChI is InChI=1S/C27H34ClN3O2/c1-20(2)18-25(32)31-16-14-30(15-17-31)24-11-10-22(28)19-23(24)29-26(33)27(12-6-7-13-27)21-8-4-3-5-9-21/h3-5,8-11,19-20H,6-7,12-18H2,1-2H3,(H,29,33). The van der Waals surface area contributed by atoms with E-state index >= 15 is 0 Å². The van der Waals surface area contributed by atoms with Crippen molar-refractivity contribution >= 4 is 34.8 Å². The maximum atomic E-state index is 13.7. The van der Waals surface area contributed by atoms with E-state index in [9.17, 15) is 9.59 Å². The Morgan fingerprint density at radius 2 is 1.67 bits per heavy atom. The predicted octanol–water partition coefficient (Wildman–Crippen LogP) is 5.49. The van der Waals surface area contributed by atoms with Crippen LogP contribution in [-0.2, 0) is 15.0 Å². The van der Waals surface area contributed by atoms with Crippen molar-refractivity contribution in [2.24, 2.45) is 5.92 Å². The van der Waals surface area contributed by atoms with Crippen molar-refractivity contribution in [2.75, 3.05) is 36.4 Å². The van der Waals surface area contributed by atoms with Gasteiger partial charge in [0.25, 0.3) is 0 Å². The average molecular weight is 468 g/mol. The van der Waals surface area contributed by atoms with Gasteiger partial charge in [0.2, 0.25) is 11.8 Å². The zero-order valence-corrected chi connectivity index (χ0v) is 20.4. The van der Waals surface area contributed by atoms with E-state index in [1.165, 1.54) is 0 Å². The minimum atomic E-state index is -0.497. The van der Waals surface area contributed by atoms with Gasteiger partial charge >= 0.3 is 0 Å². The molecule has 33 heavy (non-hydrogen) atoms. The summed E-state index contributed by atoms with van der Waals surface area (Å²) in [5, 5.41) is 3.84. The van der Waals surface area contributed by atoms with Gasteiger partial charge in [-0.15, -0.1) is 0 Å². The first-order chi connectivity index (χ1) is 15.9. The Morgan fingerprint density at radius 3 is 2.30 bits per heavy atom. The molecule has 1 N–H and O–H groups in total. The molecule has 1 aliphatic carbocycles. The lowest BCUT2D eigenvalue weighted by Gasteiger charge is -2.37. The van der Waals surface area contributed by atoms with Crippen molar-refractivity contribution in [1.29, 1.82) is 0 Å². The van der Waals surface area contributed by atoms with Crippen molar-refractivity contribution in [2.45, 2.75) is 51.4 Å². The van der Waals surface area contributed by atoms with Gasteiger partial charge < -0.3 is 15.1 Å². The van der Waals surface area contributed by atoms with Crippen LogP contribution in [0.15, 0.2) is 48.5 Å². The van der Waals surface area contributed by atoms with E-state index in [-0.39, 0.29) is 11.8 Å². The lowest BCUT2D eigenvalue weighted by atomic mass is 9.78. The molecule has 2 aliphatic rings. The average Bonchev–Trinajstić information content (AvgIpc) is 3.31. The second-order valence-electron chi connectivity index (χ2n) is 9.74. The maximum absolute atomic E-state index is 13.7. The zero-order valence-electron chi connectivity index (χ0n) is 19.6. The van der Waals surface area contributed by atoms with E-state index in [0.29, 0.717) is 30.5 Å². The number of rotatable bonds is 6. The molecule has 176 valence electrons. The number of amides is 2.